The second-order valence-corrected chi connectivity index (χ2v) is 6.15. The van der Waals surface area contributed by atoms with Crippen LogP contribution in [0, 0.1) is 23.1 Å². The van der Waals surface area contributed by atoms with Gasteiger partial charge >= 0.3 is 5.97 Å². The molecule has 1 atom stereocenters. The summed E-state index contributed by atoms with van der Waals surface area (Å²) < 4.78 is 39.4. The monoisotopic (exact) mass is 300 g/mol. The van der Waals surface area contributed by atoms with E-state index in [1.165, 1.54) is 0 Å². The third-order valence-corrected chi connectivity index (χ3v) is 4.02. The number of nitriles is 1. The van der Waals surface area contributed by atoms with Crippen LogP contribution in [0.15, 0.2) is 23.1 Å². The predicted molar refractivity (Wildman–Crippen MR) is 67.7 cm³/mol. The number of carbonyl (C=O) groups is 1. The zero-order chi connectivity index (χ0) is 15.5. The van der Waals surface area contributed by atoms with Gasteiger partial charge in [0.2, 0.25) is 10.0 Å². The Hall–Kier alpha value is -1.98. The number of sulfonamides is 1. The lowest BCUT2D eigenvalue weighted by molar-refractivity contribution is -0.140. The van der Waals surface area contributed by atoms with Gasteiger partial charge in [0.15, 0.2) is 0 Å². The fraction of sp³-hybridized carbons (Fsp3) is 0.333. The molecule has 0 fully saturated rings. The standard InChI is InChI=1S/C12H13FN2O4S/c1-7(2)11(12(16)17)15-20(18,19)9-4-3-8(6-14)10(13)5-9/h3-5,7,11,15H,1-2H3,(H,16,17)/t11-/m1/s1. The van der Waals surface area contributed by atoms with Crippen LogP contribution in [-0.4, -0.2) is 25.5 Å². The summed E-state index contributed by atoms with van der Waals surface area (Å²) in [7, 11) is -4.18. The van der Waals surface area contributed by atoms with Crippen LogP contribution in [0.3, 0.4) is 0 Å². The summed E-state index contributed by atoms with van der Waals surface area (Å²) in [6.45, 7) is 3.08. The van der Waals surface area contributed by atoms with Gasteiger partial charge in [-0.3, -0.25) is 4.79 Å². The highest BCUT2D eigenvalue weighted by atomic mass is 32.2. The highest BCUT2D eigenvalue weighted by Gasteiger charge is 2.28. The van der Waals surface area contributed by atoms with E-state index >= 15 is 0 Å². The fourth-order valence-corrected chi connectivity index (χ4v) is 2.81. The van der Waals surface area contributed by atoms with Crippen LogP contribution in [0.25, 0.3) is 0 Å². The Morgan fingerprint density at radius 2 is 2.05 bits per heavy atom. The fourth-order valence-electron chi connectivity index (χ4n) is 1.46. The van der Waals surface area contributed by atoms with Crippen LogP contribution >= 0.6 is 0 Å². The molecule has 108 valence electrons. The number of hydrogen-bond donors (Lipinski definition) is 2. The second-order valence-electron chi connectivity index (χ2n) is 4.43. The van der Waals surface area contributed by atoms with Crippen molar-refractivity contribution >= 4 is 16.0 Å². The van der Waals surface area contributed by atoms with Gasteiger partial charge in [0, 0.05) is 0 Å². The number of aliphatic carboxylic acids is 1. The highest BCUT2D eigenvalue weighted by molar-refractivity contribution is 7.89. The Balaban J connectivity index is 3.15. The van der Waals surface area contributed by atoms with Crippen LogP contribution in [0.4, 0.5) is 4.39 Å². The Bertz CT molecular complexity index is 665. The van der Waals surface area contributed by atoms with Crippen molar-refractivity contribution in [2.45, 2.75) is 24.8 Å². The maximum absolute atomic E-state index is 13.4. The first-order chi connectivity index (χ1) is 9.19. The van der Waals surface area contributed by atoms with Gasteiger partial charge in [0.25, 0.3) is 0 Å². The molecule has 0 amide bonds. The van der Waals surface area contributed by atoms with E-state index < -0.39 is 38.7 Å². The first kappa shape index (κ1) is 16.1. The Kier molecular flexibility index (Phi) is 4.81. The summed E-state index contributed by atoms with van der Waals surface area (Å²) in [6.07, 6.45) is 0. The molecule has 20 heavy (non-hydrogen) atoms. The summed E-state index contributed by atoms with van der Waals surface area (Å²) in [5, 5.41) is 17.5. The van der Waals surface area contributed by atoms with Gasteiger partial charge in [-0.1, -0.05) is 13.8 Å². The number of benzene rings is 1. The van der Waals surface area contributed by atoms with Gasteiger partial charge in [-0.2, -0.15) is 9.98 Å². The number of hydrogen-bond acceptors (Lipinski definition) is 4. The van der Waals surface area contributed by atoms with Gasteiger partial charge in [-0.15, -0.1) is 0 Å². The van der Waals surface area contributed by atoms with Crippen LogP contribution in [0.2, 0.25) is 0 Å². The number of nitrogens with zero attached hydrogens (tertiary/aromatic N) is 1. The number of carboxylic acid groups (broad SMARTS) is 1. The maximum Gasteiger partial charge on any atom is 0.322 e. The quantitative estimate of drug-likeness (QED) is 0.846. The first-order valence-electron chi connectivity index (χ1n) is 5.64. The molecular formula is C12H13FN2O4S. The maximum atomic E-state index is 13.4. The lowest BCUT2D eigenvalue weighted by Gasteiger charge is -2.18. The van der Waals surface area contributed by atoms with Crippen molar-refractivity contribution < 1.29 is 22.7 Å². The largest absolute Gasteiger partial charge is 0.480 e. The molecule has 0 aromatic heterocycles. The molecule has 1 aromatic carbocycles. The summed E-state index contributed by atoms with van der Waals surface area (Å²) in [4.78, 5) is 10.5. The van der Waals surface area contributed by atoms with E-state index in [9.17, 15) is 17.6 Å². The van der Waals surface area contributed by atoms with Crippen LogP contribution in [0.5, 0.6) is 0 Å². The van der Waals surface area contributed by atoms with E-state index in [-0.39, 0.29) is 5.56 Å². The SMILES string of the molecule is CC(C)[C@@H](NS(=O)(=O)c1ccc(C#N)c(F)c1)C(=O)O. The summed E-state index contributed by atoms with van der Waals surface area (Å²) in [6, 6.07) is 2.99. The van der Waals surface area contributed by atoms with Crippen LogP contribution < -0.4 is 4.72 Å². The van der Waals surface area contributed by atoms with Crippen molar-refractivity contribution in [2.24, 2.45) is 5.92 Å². The Labute approximate surface area is 115 Å². The first-order valence-corrected chi connectivity index (χ1v) is 7.12. The lowest BCUT2D eigenvalue weighted by atomic mass is 10.1. The summed E-state index contributed by atoms with van der Waals surface area (Å²) in [5.74, 6) is -2.78. The van der Waals surface area contributed by atoms with Gasteiger partial charge in [0.05, 0.1) is 10.5 Å². The van der Waals surface area contributed by atoms with E-state index in [4.69, 9.17) is 10.4 Å². The topological polar surface area (TPSA) is 107 Å². The highest BCUT2D eigenvalue weighted by Crippen LogP contribution is 2.16. The molecule has 0 unspecified atom stereocenters. The van der Waals surface area contributed by atoms with Crippen molar-refractivity contribution in [3.63, 3.8) is 0 Å². The smallest absolute Gasteiger partial charge is 0.322 e. The molecule has 0 aliphatic heterocycles. The molecule has 0 bridgehead atoms. The molecule has 0 spiro atoms. The Morgan fingerprint density at radius 1 is 1.45 bits per heavy atom. The van der Waals surface area contributed by atoms with E-state index in [1.807, 2.05) is 4.72 Å². The predicted octanol–water partition coefficient (Wildman–Crippen LogP) is 1.08. The molecule has 1 aromatic rings. The van der Waals surface area contributed by atoms with Gasteiger partial charge in [-0.25, -0.2) is 12.8 Å². The van der Waals surface area contributed by atoms with Crippen molar-refractivity contribution in [1.29, 1.82) is 5.26 Å². The van der Waals surface area contributed by atoms with Crippen molar-refractivity contribution in [3.05, 3.63) is 29.6 Å². The molecule has 8 heteroatoms. The minimum Gasteiger partial charge on any atom is -0.480 e. The third-order valence-electron chi connectivity index (χ3n) is 2.59. The molecule has 0 aliphatic carbocycles. The van der Waals surface area contributed by atoms with Crippen LogP contribution in [-0.2, 0) is 14.8 Å². The average Bonchev–Trinajstić information content (AvgIpc) is 2.35. The number of rotatable bonds is 5. The van der Waals surface area contributed by atoms with E-state index in [1.54, 1.807) is 19.9 Å². The molecular weight excluding hydrogens is 287 g/mol. The van der Waals surface area contributed by atoms with E-state index in [0.29, 0.717) is 6.07 Å². The molecule has 2 N–H and O–H groups in total. The molecule has 6 nitrogen and oxygen atoms in total. The van der Waals surface area contributed by atoms with Crippen molar-refractivity contribution in [3.8, 4) is 6.07 Å². The van der Waals surface area contributed by atoms with Crippen molar-refractivity contribution in [1.82, 2.24) is 4.72 Å². The normalized spacial score (nSPS) is 12.9. The summed E-state index contributed by atoms with van der Waals surface area (Å²) >= 11 is 0. The van der Waals surface area contributed by atoms with E-state index in [2.05, 4.69) is 0 Å². The zero-order valence-electron chi connectivity index (χ0n) is 10.8. The lowest BCUT2D eigenvalue weighted by Crippen LogP contribution is -2.44. The zero-order valence-corrected chi connectivity index (χ0v) is 11.6. The molecule has 0 radical (unpaired) electrons. The number of halogens is 1. The second kappa shape index (κ2) is 5.98. The van der Waals surface area contributed by atoms with E-state index in [0.717, 1.165) is 12.1 Å². The molecule has 0 saturated heterocycles. The average molecular weight is 300 g/mol. The van der Waals surface area contributed by atoms with Gasteiger partial charge < -0.3 is 5.11 Å². The molecule has 1 rings (SSSR count). The molecule has 0 saturated carbocycles. The van der Waals surface area contributed by atoms with Crippen molar-refractivity contribution in [2.75, 3.05) is 0 Å². The Morgan fingerprint density at radius 3 is 2.45 bits per heavy atom. The van der Waals surface area contributed by atoms with Gasteiger partial charge in [-0.05, 0) is 24.1 Å². The third kappa shape index (κ3) is 3.53. The van der Waals surface area contributed by atoms with Gasteiger partial charge in [0.1, 0.15) is 17.9 Å². The molecule has 0 aliphatic rings. The summed E-state index contributed by atoms with van der Waals surface area (Å²) in [5.41, 5.74) is -0.289. The minimum atomic E-state index is -4.18. The number of nitrogens with one attached hydrogen (secondary N) is 1. The minimum absolute atomic E-state index is 0.289. The van der Waals surface area contributed by atoms with Crippen LogP contribution in [0.1, 0.15) is 19.4 Å². The number of carboxylic acids is 1. The molecule has 0 heterocycles.